The van der Waals surface area contributed by atoms with Crippen molar-refractivity contribution < 1.29 is 4.79 Å². The number of hydrogen-bond acceptors (Lipinski definition) is 1. The van der Waals surface area contributed by atoms with Gasteiger partial charge in [-0.2, -0.15) is 0 Å². The van der Waals surface area contributed by atoms with Crippen molar-refractivity contribution in [2.75, 3.05) is 0 Å². The van der Waals surface area contributed by atoms with E-state index in [0.717, 1.165) is 12.0 Å². The molecule has 0 saturated carbocycles. The van der Waals surface area contributed by atoms with Crippen molar-refractivity contribution in [3.8, 4) is 0 Å². The first kappa shape index (κ1) is 23.2. The molecule has 27 heavy (non-hydrogen) atoms. The number of amides is 1. The van der Waals surface area contributed by atoms with Crippen molar-refractivity contribution in [1.29, 1.82) is 0 Å². The Bertz CT molecular complexity index is 518. The summed E-state index contributed by atoms with van der Waals surface area (Å²) in [5.41, 5.74) is 1.12. The summed E-state index contributed by atoms with van der Waals surface area (Å²) >= 11 is 0. The molecule has 0 bridgehead atoms. The molecule has 0 spiro atoms. The van der Waals surface area contributed by atoms with Crippen LogP contribution in [0.25, 0.3) is 0 Å². The Hall–Kier alpha value is -1.83. The molecule has 150 valence electrons. The van der Waals surface area contributed by atoms with Crippen LogP contribution in [0.2, 0.25) is 0 Å². The van der Waals surface area contributed by atoms with E-state index >= 15 is 0 Å². The predicted octanol–water partition coefficient (Wildman–Crippen LogP) is 7.12. The Morgan fingerprint density at radius 3 is 2.04 bits per heavy atom. The molecule has 0 radical (unpaired) electrons. The molecule has 0 unspecified atom stereocenters. The standard InChI is InChI=1S/C25H39NO/c1-2-3-4-5-6-7-8-9-10-11-12-13-14-15-19-22-25(27)26-23-24-20-17-16-18-21-24/h14-22H,2-13,23H2,1H3,(H,26,27). The zero-order valence-corrected chi connectivity index (χ0v) is 17.3. The van der Waals surface area contributed by atoms with Gasteiger partial charge in [-0.25, -0.2) is 0 Å². The maximum atomic E-state index is 11.7. The summed E-state index contributed by atoms with van der Waals surface area (Å²) in [6.07, 6.45) is 23.8. The molecule has 2 heteroatoms. The summed E-state index contributed by atoms with van der Waals surface area (Å²) in [6, 6.07) is 9.96. The second-order valence-corrected chi connectivity index (χ2v) is 7.31. The number of hydrogen-bond donors (Lipinski definition) is 1. The lowest BCUT2D eigenvalue weighted by Crippen LogP contribution is -2.20. The van der Waals surface area contributed by atoms with Gasteiger partial charge in [0, 0.05) is 12.6 Å². The second kappa shape index (κ2) is 17.6. The van der Waals surface area contributed by atoms with Gasteiger partial charge in [0.25, 0.3) is 0 Å². The molecule has 0 aromatic heterocycles. The Balaban J connectivity index is 1.89. The summed E-state index contributed by atoms with van der Waals surface area (Å²) < 4.78 is 0. The molecule has 0 heterocycles. The predicted molar refractivity (Wildman–Crippen MR) is 118 cm³/mol. The van der Waals surface area contributed by atoms with Gasteiger partial charge in [-0.3, -0.25) is 4.79 Å². The Morgan fingerprint density at radius 2 is 1.41 bits per heavy atom. The van der Waals surface area contributed by atoms with Gasteiger partial charge >= 0.3 is 0 Å². The number of rotatable bonds is 16. The summed E-state index contributed by atoms with van der Waals surface area (Å²) in [4.78, 5) is 11.7. The van der Waals surface area contributed by atoms with E-state index in [9.17, 15) is 4.79 Å². The third-order valence-corrected chi connectivity index (χ3v) is 4.78. The molecule has 0 saturated heterocycles. The van der Waals surface area contributed by atoms with Crippen LogP contribution in [0, 0.1) is 0 Å². The van der Waals surface area contributed by atoms with Gasteiger partial charge < -0.3 is 5.32 Å². The maximum absolute atomic E-state index is 11.7. The van der Waals surface area contributed by atoms with E-state index in [1.165, 1.54) is 70.6 Å². The highest BCUT2D eigenvalue weighted by Gasteiger charge is 1.95. The van der Waals surface area contributed by atoms with Crippen molar-refractivity contribution >= 4 is 5.91 Å². The minimum atomic E-state index is -0.0433. The van der Waals surface area contributed by atoms with Gasteiger partial charge in [0.1, 0.15) is 0 Å². The van der Waals surface area contributed by atoms with E-state index in [1.807, 2.05) is 42.5 Å². The van der Waals surface area contributed by atoms with Gasteiger partial charge in [-0.05, 0) is 18.4 Å². The lowest BCUT2D eigenvalue weighted by atomic mass is 10.1. The van der Waals surface area contributed by atoms with Crippen LogP contribution < -0.4 is 5.32 Å². The van der Waals surface area contributed by atoms with Crippen LogP contribution in [0.1, 0.15) is 89.5 Å². The van der Waals surface area contributed by atoms with Crippen LogP contribution in [0.4, 0.5) is 0 Å². The fourth-order valence-electron chi connectivity index (χ4n) is 3.09. The molecule has 2 nitrogen and oxygen atoms in total. The van der Waals surface area contributed by atoms with Crippen LogP contribution in [0.5, 0.6) is 0 Å². The third kappa shape index (κ3) is 15.0. The molecule has 0 atom stereocenters. The molecular formula is C25H39NO. The Morgan fingerprint density at radius 1 is 0.815 bits per heavy atom. The highest BCUT2D eigenvalue weighted by molar-refractivity contribution is 5.87. The van der Waals surface area contributed by atoms with Crippen LogP contribution in [-0.4, -0.2) is 5.91 Å². The first-order chi connectivity index (χ1) is 13.3. The second-order valence-electron chi connectivity index (χ2n) is 7.31. The van der Waals surface area contributed by atoms with Gasteiger partial charge in [0.2, 0.25) is 5.91 Å². The van der Waals surface area contributed by atoms with Crippen LogP contribution >= 0.6 is 0 Å². The minimum Gasteiger partial charge on any atom is -0.348 e. The first-order valence-corrected chi connectivity index (χ1v) is 11.0. The molecule has 0 aliphatic rings. The summed E-state index contributed by atoms with van der Waals surface area (Å²) in [6.45, 7) is 2.85. The van der Waals surface area contributed by atoms with E-state index in [-0.39, 0.29) is 5.91 Å². The van der Waals surface area contributed by atoms with Crippen molar-refractivity contribution in [3.63, 3.8) is 0 Å². The monoisotopic (exact) mass is 369 g/mol. The summed E-state index contributed by atoms with van der Waals surface area (Å²) in [5.74, 6) is -0.0433. The highest BCUT2D eigenvalue weighted by Crippen LogP contribution is 2.12. The molecule has 0 aliphatic carbocycles. The van der Waals surface area contributed by atoms with Gasteiger partial charge in [0.15, 0.2) is 0 Å². The fourth-order valence-corrected chi connectivity index (χ4v) is 3.09. The zero-order valence-electron chi connectivity index (χ0n) is 17.3. The SMILES string of the molecule is CCCCCCCCCCCCCC=CC=CC(=O)NCc1ccccc1. The lowest BCUT2D eigenvalue weighted by Gasteiger charge is -2.01. The van der Waals surface area contributed by atoms with Crippen molar-refractivity contribution in [2.45, 2.75) is 90.5 Å². The normalized spacial score (nSPS) is 11.4. The van der Waals surface area contributed by atoms with Crippen LogP contribution in [-0.2, 0) is 11.3 Å². The molecule has 1 N–H and O–H groups in total. The molecular weight excluding hydrogens is 330 g/mol. The van der Waals surface area contributed by atoms with Crippen molar-refractivity contribution in [2.24, 2.45) is 0 Å². The number of carbonyl (C=O) groups excluding carboxylic acids is 1. The quantitative estimate of drug-likeness (QED) is 0.188. The minimum absolute atomic E-state index is 0.0433. The lowest BCUT2D eigenvalue weighted by molar-refractivity contribution is -0.116. The van der Waals surface area contributed by atoms with E-state index in [2.05, 4.69) is 18.3 Å². The van der Waals surface area contributed by atoms with Crippen LogP contribution in [0.3, 0.4) is 0 Å². The third-order valence-electron chi connectivity index (χ3n) is 4.78. The topological polar surface area (TPSA) is 29.1 Å². The van der Waals surface area contributed by atoms with Crippen molar-refractivity contribution in [3.05, 3.63) is 60.2 Å². The molecule has 0 aliphatic heterocycles. The molecule has 1 aromatic carbocycles. The number of allylic oxidation sites excluding steroid dienone is 3. The number of unbranched alkanes of at least 4 members (excludes halogenated alkanes) is 11. The molecule has 1 amide bonds. The Labute approximate surface area is 167 Å². The number of benzene rings is 1. The van der Waals surface area contributed by atoms with Gasteiger partial charge in [-0.15, -0.1) is 0 Å². The van der Waals surface area contributed by atoms with E-state index in [1.54, 1.807) is 6.08 Å². The van der Waals surface area contributed by atoms with Crippen molar-refractivity contribution in [1.82, 2.24) is 5.32 Å². The zero-order chi connectivity index (χ0) is 19.4. The van der Waals surface area contributed by atoms with Crippen LogP contribution in [0.15, 0.2) is 54.6 Å². The average Bonchev–Trinajstić information content (AvgIpc) is 2.70. The van der Waals surface area contributed by atoms with E-state index in [0.29, 0.717) is 6.54 Å². The smallest absolute Gasteiger partial charge is 0.244 e. The summed E-state index contributed by atoms with van der Waals surface area (Å²) in [7, 11) is 0. The maximum Gasteiger partial charge on any atom is 0.244 e. The number of nitrogens with one attached hydrogen (secondary N) is 1. The van der Waals surface area contributed by atoms with E-state index < -0.39 is 0 Å². The van der Waals surface area contributed by atoms with E-state index in [4.69, 9.17) is 0 Å². The summed E-state index contributed by atoms with van der Waals surface area (Å²) in [5, 5.41) is 2.89. The van der Waals surface area contributed by atoms with Gasteiger partial charge in [-0.1, -0.05) is 120 Å². The fraction of sp³-hybridized carbons (Fsp3) is 0.560. The molecule has 1 aromatic rings. The Kier molecular flexibility index (Phi) is 15.1. The molecule has 0 fully saturated rings. The van der Waals surface area contributed by atoms with Gasteiger partial charge in [0.05, 0.1) is 0 Å². The highest BCUT2D eigenvalue weighted by atomic mass is 16.1. The average molecular weight is 370 g/mol. The molecule has 1 rings (SSSR count). The largest absolute Gasteiger partial charge is 0.348 e. The number of carbonyl (C=O) groups is 1. The first-order valence-electron chi connectivity index (χ1n) is 11.0.